The minimum atomic E-state index is -0.297. The summed E-state index contributed by atoms with van der Waals surface area (Å²) in [7, 11) is 1.64. The molecule has 0 amide bonds. The highest BCUT2D eigenvalue weighted by atomic mass is 16.5. The Morgan fingerprint density at radius 2 is 1.61 bits per heavy atom. The number of allylic oxidation sites excluding steroid dienone is 1. The molecule has 1 N–H and O–H groups in total. The zero-order chi connectivity index (χ0) is 14.3. The van der Waals surface area contributed by atoms with Gasteiger partial charge in [-0.2, -0.15) is 0 Å². The van der Waals surface area contributed by atoms with E-state index in [4.69, 9.17) is 10.1 Å². The number of ether oxygens (including phenoxy) is 1. The summed E-state index contributed by atoms with van der Waals surface area (Å²) in [4.78, 5) is 0. The first kappa shape index (κ1) is 16.4. The van der Waals surface area contributed by atoms with E-state index in [0.29, 0.717) is 5.71 Å². The SMILES string of the molecule is C=C(C)C(C)(C)C(=N)c1ccc(OC)cc1.CC. The molecule has 0 unspecified atom stereocenters. The Morgan fingerprint density at radius 3 is 1.94 bits per heavy atom. The summed E-state index contributed by atoms with van der Waals surface area (Å²) in [5, 5.41) is 8.19. The third-order valence-corrected chi connectivity index (χ3v) is 3.07. The molecule has 0 bridgehead atoms. The molecule has 1 rings (SSSR count). The Morgan fingerprint density at radius 1 is 1.17 bits per heavy atom. The molecule has 0 aliphatic heterocycles. The zero-order valence-electron chi connectivity index (χ0n) is 12.4. The molecule has 0 aliphatic carbocycles. The minimum absolute atomic E-state index is 0.297. The molecule has 1 aromatic rings. The van der Waals surface area contributed by atoms with Gasteiger partial charge in [0.05, 0.1) is 7.11 Å². The molecular formula is C16H25NO. The van der Waals surface area contributed by atoms with Gasteiger partial charge in [-0.1, -0.05) is 39.8 Å². The van der Waals surface area contributed by atoms with Gasteiger partial charge in [-0.05, 0) is 36.8 Å². The van der Waals surface area contributed by atoms with E-state index in [-0.39, 0.29) is 5.41 Å². The van der Waals surface area contributed by atoms with Gasteiger partial charge < -0.3 is 10.1 Å². The summed E-state index contributed by atoms with van der Waals surface area (Å²) in [6, 6.07) is 7.56. The van der Waals surface area contributed by atoms with Gasteiger partial charge in [0.1, 0.15) is 5.75 Å². The Bertz CT molecular complexity index is 402. The topological polar surface area (TPSA) is 33.1 Å². The summed E-state index contributed by atoms with van der Waals surface area (Å²) in [5.74, 6) is 0.810. The molecule has 0 saturated heterocycles. The summed E-state index contributed by atoms with van der Waals surface area (Å²) < 4.78 is 5.09. The van der Waals surface area contributed by atoms with Crippen LogP contribution in [0.1, 0.15) is 40.2 Å². The highest BCUT2D eigenvalue weighted by Gasteiger charge is 2.25. The first-order chi connectivity index (χ1) is 8.39. The standard InChI is InChI=1S/C14H19NO.C2H6/c1-10(2)14(3,4)13(15)11-6-8-12(16-5)9-7-11;1-2/h6-9,15H,1H2,2-5H3;1-2H3. The van der Waals surface area contributed by atoms with Gasteiger partial charge in [0, 0.05) is 11.1 Å². The number of hydrogen-bond acceptors (Lipinski definition) is 2. The lowest BCUT2D eigenvalue weighted by Crippen LogP contribution is -2.25. The molecule has 2 nitrogen and oxygen atoms in total. The predicted octanol–water partition coefficient (Wildman–Crippen LogP) is 4.69. The first-order valence-electron chi connectivity index (χ1n) is 6.29. The molecule has 0 spiro atoms. The molecule has 0 heterocycles. The number of nitrogens with one attached hydrogen (secondary N) is 1. The Kier molecular flexibility index (Phi) is 6.39. The lowest BCUT2D eigenvalue weighted by atomic mass is 9.78. The molecule has 0 aromatic heterocycles. The van der Waals surface area contributed by atoms with Crippen LogP contribution in [0.4, 0.5) is 0 Å². The quantitative estimate of drug-likeness (QED) is 0.607. The maximum Gasteiger partial charge on any atom is 0.118 e. The second kappa shape index (κ2) is 7.00. The van der Waals surface area contributed by atoms with Gasteiger partial charge >= 0.3 is 0 Å². The Labute approximate surface area is 111 Å². The number of rotatable bonds is 4. The molecule has 0 fully saturated rings. The predicted molar refractivity (Wildman–Crippen MR) is 79.8 cm³/mol. The number of methoxy groups -OCH3 is 1. The van der Waals surface area contributed by atoms with Crippen molar-refractivity contribution < 1.29 is 4.74 Å². The van der Waals surface area contributed by atoms with Crippen LogP contribution in [0.3, 0.4) is 0 Å². The smallest absolute Gasteiger partial charge is 0.118 e. The minimum Gasteiger partial charge on any atom is -0.497 e. The van der Waals surface area contributed by atoms with Crippen molar-refractivity contribution in [2.45, 2.75) is 34.6 Å². The van der Waals surface area contributed by atoms with Crippen LogP contribution in [0.2, 0.25) is 0 Å². The van der Waals surface area contributed by atoms with Crippen LogP contribution < -0.4 is 4.74 Å². The van der Waals surface area contributed by atoms with Gasteiger partial charge in [-0.3, -0.25) is 0 Å². The zero-order valence-corrected chi connectivity index (χ0v) is 12.4. The van der Waals surface area contributed by atoms with Crippen LogP contribution in [0, 0.1) is 10.8 Å². The van der Waals surface area contributed by atoms with Gasteiger partial charge in [0.15, 0.2) is 0 Å². The van der Waals surface area contributed by atoms with Gasteiger partial charge in [-0.15, -0.1) is 0 Å². The van der Waals surface area contributed by atoms with Crippen molar-refractivity contribution in [2.75, 3.05) is 7.11 Å². The van der Waals surface area contributed by atoms with E-state index in [1.165, 1.54) is 0 Å². The lowest BCUT2D eigenvalue weighted by Gasteiger charge is -2.26. The second-order valence-electron chi connectivity index (χ2n) is 4.51. The fourth-order valence-corrected chi connectivity index (χ4v) is 1.33. The number of benzene rings is 1. The molecule has 0 aliphatic rings. The summed E-state index contributed by atoms with van der Waals surface area (Å²) in [6.45, 7) is 13.9. The summed E-state index contributed by atoms with van der Waals surface area (Å²) in [5.41, 5.74) is 2.19. The second-order valence-corrected chi connectivity index (χ2v) is 4.51. The normalized spacial score (nSPS) is 10.1. The molecule has 0 radical (unpaired) electrons. The van der Waals surface area contributed by atoms with Gasteiger partial charge in [0.2, 0.25) is 0 Å². The molecule has 100 valence electrons. The Balaban J connectivity index is 0.00000137. The molecule has 0 saturated carbocycles. The van der Waals surface area contributed by atoms with E-state index in [1.807, 2.05) is 58.9 Å². The van der Waals surface area contributed by atoms with Crippen molar-refractivity contribution in [1.82, 2.24) is 0 Å². The summed E-state index contributed by atoms with van der Waals surface area (Å²) in [6.07, 6.45) is 0. The molecule has 1 aromatic carbocycles. The molecule has 2 heteroatoms. The van der Waals surface area contributed by atoms with Crippen molar-refractivity contribution in [3.05, 3.63) is 42.0 Å². The highest BCUT2D eigenvalue weighted by molar-refractivity contribution is 6.03. The number of hydrogen-bond donors (Lipinski definition) is 1. The maximum atomic E-state index is 8.19. The first-order valence-corrected chi connectivity index (χ1v) is 6.29. The van der Waals surface area contributed by atoms with E-state index < -0.39 is 0 Å². The van der Waals surface area contributed by atoms with E-state index in [9.17, 15) is 0 Å². The molecular weight excluding hydrogens is 222 g/mol. The van der Waals surface area contributed by atoms with Crippen molar-refractivity contribution >= 4 is 5.71 Å². The van der Waals surface area contributed by atoms with Crippen molar-refractivity contribution in [2.24, 2.45) is 5.41 Å². The largest absolute Gasteiger partial charge is 0.497 e. The van der Waals surface area contributed by atoms with Crippen LogP contribution >= 0.6 is 0 Å². The average molecular weight is 247 g/mol. The lowest BCUT2D eigenvalue weighted by molar-refractivity contribution is 0.415. The van der Waals surface area contributed by atoms with Crippen LogP contribution in [0.25, 0.3) is 0 Å². The van der Waals surface area contributed by atoms with E-state index in [0.717, 1.165) is 16.9 Å². The molecule has 0 atom stereocenters. The van der Waals surface area contributed by atoms with Crippen LogP contribution in [-0.2, 0) is 0 Å². The Hall–Kier alpha value is -1.57. The van der Waals surface area contributed by atoms with Crippen molar-refractivity contribution in [3.63, 3.8) is 0 Å². The van der Waals surface area contributed by atoms with E-state index >= 15 is 0 Å². The fraction of sp³-hybridized carbons (Fsp3) is 0.438. The van der Waals surface area contributed by atoms with Crippen molar-refractivity contribution in [3.8, 4) is 5.75 Å². The monoisotopic (exact) mass is 247 g/mol. The van der Waals surface area contributed by atoms with Crippen LogP contribution in [0.15, 0.2) is 36.4 Å². The third kappa shape index (κ3) is 3.73. The van der Waals surface area contributed by atoms with Crippen molar-refractivity contribution in [1.29, 1.82) is 5.41 Å². The van der Waals surface area contributed by atoms with E-state index in [1.54, 1.807) is 7.11 Å². The summed E-state index contributed by atoms with van der Waals surface area (Å²) >= 11 is 0. The van der Waals surface area contributed by atoms with E-state index in [2.05, 4.69) is 6.58 Å². The van der Waals surface area contributed by atoms with Gasteiger partial charge in [-0.25, -0.2) is 0 Å². The van der Waals surface area contributed by atoms with Crippen LogP contribution in [0.5, 0.6) is 5.75 Å². The third-order valence-electron chi connectivity index (χ3n) is 3.07. The maximum absolute atomic E-state index is 8.19. The molecule has 18 heavy (non-hydrogen) atoms. The van der Waals surface area contributed by atoms with Gasteiger partial charge in [0.25, 0.3) is 0 Å². The highest BCUT2D eigenvalue weighted by Crippen LogP contribution is 2.29. The fourth-order valence-electron chi connectivity index (χ4n) is 1.33. The average Bonchev–Trinajstić information content (AvgIpc) is 2.40. The van der Waals surface area contributed by atoms with Crippen LogP contribution in [-0.4, -0.2) is 12.8 Å².